The summed E-state index contributed by atoms with van der Waals surface area (Å²) in [7, 11) is 1.29. The molecule has 0 aromatic heterocycles. The van der Waals surface area contributed by atoms with Crippen LogP contribution in [0.3, 0.4) is 0 Å². The summed E-state index contributed by atoms with van der Waals surface area (Å²) in [5, 5.41) is 0.391. The Balaban J connectivity index is 2.95. The molecule has 0 aliphatic carbocycles. The molecule has 0 saturated carbocycles. The highest BCUT2D eigenvalue weighted by molar-refractivity contribution is 6.32. The summed E-state index contributed by atoms with van der Waals surface area (Å²) in [4.78, 5) is 21.5. The van der Waals surface area contributed by atoms with E-state index >= 15 is 0 Å². The van der Waals surface area contributed by atoms with Gasteiger partial charge in [-0.25, -0.2) is 0 Å². The molecule has 0 spiro atoms. The monoisotopic (exact) mass is 236 g/mol. The summed E-state index contributed by atoms with van der Waals surface area (Å²) in [6.45, 7) is 0. The van der Waals surface area contributed by atoms with E-state index in [0.29, 0.717) is 22.4 Å². The highest BCUT2D eigenvalue weighted by Crippen LogP contribution is 2.17. The number of ether oxygens (including phenoxy) is 1. The van der Waals surface area contributed by atoms with E-state index in [2.05, 4.69) is 16.6 Å². The Morgan fingerprint density at radius 1 is 1.56 bits per heavy atom. The molecule has 4 heteroatoms. The third kappa shape index (κ3) is 3.11. The second-order valence-electron chi connectivity index (χ2n) is 2.88. The van der Waals surface area contributed by atoms with Crippen molar-refractivity contribution in [1.29, 1.82) is 0 Å². The molecule has 1 aromatic carbocycles. The fourth-order valence-electron chi connectivity index (χ4n) is 1.05. The summed E-state index contributed by atoms with van der Waals surface area (Å²) in [6, 6.07) is 4.91. The summed E-state index contributed by atoms with van der Waals surface area (Å²) in [5.74, 6) is 4.86. The number of benzene rings is 1. The lowest BCUT2D eigenvalue weighted by molar-refractivity contribution is -0.139. The normalized spacial score (nSPS) is 8.88. The van der Waals surface area contributed by atoms with Crippen LogP contribution in [0, 0.1) is 11.8 Å². The summed E-state index contributed by atoms with van der Waals surface area (Å²) in [6.07, 6.45) is 0.647. The number of halogens is 1. The molecule has 16 heavy (non-hydrogen) atoms. The van der Waals surface area contributed by atoms with E-state index in [4.69, 9.17) is 11.6 Å². The van der Waals surface area contributed by atoms with Crippen molar-refractivity contribution < 1.29 is 14.3 Å². The molecular formula is C12H9ClO3. The minimum Gasteiger partial charge on any atom is -0.468 e. The summed E-state index contributed by atoms with van der Waals surface area (Å²) in [5.41, 5.74) is 0.841. The standard InChI is InChI=1S/C12H9ClO3/c1-16-12(15)7-3-5-10-9(8-14)4-2-6-11(10)13/h2,4,6,8H,7H2,1H3. The molecule has 0 N–H and O–H groups in total. The van der Waals surface area contributed by atoms with Crippen LogP contribution in [0.2, 0.25) is 5.02 Å². The molecule has 0 fully saturated rings. The van der Waals surface area contributed by atoms with Gasteiger partial charge in [-0.05, 0) is 6.07 Å². The van der Waals surface area contributed by atoms with Gasteiger partial charge < -0.3 is 4.74 Å². The number of carbonyl (C=O) groups excluding carboxylic acids is 2. The molecule has 0 saturated heterocycles. The van der Waals surface area contributed by atoms with Crippen LogP contribution in [0.25, 0.3) is 0 Å². The Morgan fingerprint density at radius 2 is 2.31 bits per heavy atom. The van der Waals surface area contributed by atoms with E-state index in [1.807, 2.05) is 0 Å². The maximum atomic E-state index is 10.8. The first-order valence-electron chi connectivity index (χ1n) is 4.48. The molecule has 0 unspecified atom stereocenters. The van der Waals surface area contributed by atoms with E-state index in [9.17, 15) is 9.59 Å². The lowest BCUT2D eigenvalue weighted by Crippen LogP contribution is -1.97. The quantitative estimate of drug-likeness (QED) is 0.449. The SMILES string of the molecule is COC(=O)CC#Cc1c(Cl)cccc1C=O. The van der Waals surface area contributed by atoms with E-state index < -0.39 is 5.97 Å². The van der Waals surface area contributed by atoms with Gasteiger partial charge in [0.1, 0.15) is 6.42 Å². The first kappa shape index (κ1) is 12.3. The molecule has 0 bridgehead atoms. The number of carbonyl (C=O) groups is 2. The maximum absolute atomic E-state index is 10.8. The zero-order chi connectivity index (χ0) is 12.0. The van der Waals surface area contributed by atoms with Crippen molar-refractivity contribution in [3.8, 4) is 11.8 Å². The number of esters is 1. The summed E-state index contributed by atoms with van der Waals surface area (Å²) >= 11 is 5.88. The zero-order valence-electron chi connectivity index (χ0n) is 8.62. The van der Waals surface area contributed by atoms with Crippen molar-refractivity contribution in [2.45, 2.75) is 6.42 Å². The highest BCUT2D eigenvalue weighted by atomic mass is 35.5. The van der Waals surface area contributed by atoms with Gasteiger partial charge >= 0.3 is 5.97 Å². The third-order valence-electron chi connectivity index (χ3n) is 1.85. The molecule has 0 heterocycles. The zero-order valence-corrected chi connectivity index (χ0v) is 9.38. The minimum atomic E-state index is -0.424. The van der Waals surface area contributed by atoms with Crippen molar-refractivity contribution in [1.82, 2.24) is 0 Å². The van der Waals surface area contributed by atoms with Gasteiger partial charge in [0, 0.05) is 5.56 Å². The number of methoxy groups -OCH3 is 1. The molecule has 0 atom stereocenters. The van der Waals surface area contributed by atoms with Crippen molar-refractivity contribution in [2.75, 3.05) is 7.11 Å². The first-order chi connectivity index (χ1) is 7.69. The van der Waals surface area contributed by atoms with Crippen LogP contribution in [0.4, 0.5) is 0 Å². The molecule has 0 amide bonds. The van der Waals surface area contributed by atoms with E-state index in [0.717, 1.165) is 0 Å². The molecule has 0 aliphatic rings. The largest absolute Gasteiger partial charge is 0.468 e. The van der Waals surface area contributed by atoms with Gasteiger partial charge in [0.05, 0.1) is 17.7 Å². The number of aldehydes is 1. The van der Waals surface area contributed by atoms with Gasteiger partial charge in [0.25, 0.3) is 0 Å². The van der Waals surface area contributed by atoms with Gasteiger partial charge in [0.15, 0.2) is 6.29 Å². The van der Waals surface area contributed by atoms with Crippen LogP contribution in [0.1, 0.15) is 22.3 Å². The number of hydrogen-bond acceptors (Lipinski definition) is 3. The number of hydrogen-bond donors (Lipinski definition) is 0. The fraction of sp³-hybridized carbons (Fsp3) is 0.167. The lowest BCUT2D eigenvalue weighted by Gasteiger charge is -1.98. The molecule has 0 radical (unpaired) electrons. The molecule has 1 rings (SSSR count). The van der Waals surface area contributed by atoms with Crippen LogP contribution in [-0.4, -0.2) is 19.4 Å². The van der Waals surface area contributed by atoms with Crippen LogP contribution in [-0.2, 0) is 9.53 Å². The highest BCUT2D eigenvalue weighted by Gasteiger charge is 2.03. The third-order valence-corrected chi connectivity index (χ3v) is 2.16. The Morgan fingerprint density at radius 3 is 2.94 bits per heavy atom. The first-order valence-corrected chi connectivity index (χ1v) is 4.86. The Hall–Kier alpha value is -1.79. The molecular weight excluding hydrogens is 228 g/mol. The Labute approximate surface area is 98.4 Å². The Kier molecular flexibility index (Phi) is 4.56. The second-order valence-corrected chi connectivity index (χ2v) is 3.28. The van der Waals surface area contributed by atoms with E-state index in [1.54, 1.807) is 18.2 Å². The lowest BCUT2D eigenvalue weighted by atomic mass is 10.1. The maximum Gasteiger partial charge on any atom is 0.317 e. The predicted molar refractivity (Wildman–Crippen MR) is 60.4 cm³/mol. The van der Waals surface area contributed by atoms with Crippen molar-refractivity contribution in [3.05, 3.63) is 34.3 Å². The van der Waals surface area contributed by atoms with Gasteiger partial charge in [-0.3, -0.25) is 9.59 Å². The van der Waals surface area contributed by atoms with Gasteiger partial charge in [-0.1, -0.05) is 35.6 Å². The van der Waals surface area contributed by atoms with Crippen LogP contribution in [0.5, 0.6) is 0 Å². The summed E-state index contributed by atoms with van der Waals surface area (Å²) < 4.78 is 4.43. The molecule has 0 aliphatic heterocycles. The average Bonchev–Trinajstić information content (AvgIpc) is 2.30. The topological polar surface area (TPSA) is 43.4 Å². The van der Waals surface area contributed by atoms with Crippen LogP contribution >= 0.6 is 11.6 Å². The van der Waals surface area contributed by atoms with E-state index in [-0.39, 0.29) is 6.42 Å². The predicted octanol–water partition coefficient (Wildman–Crippen LogP) is 2.07. The van der Waals surface area contributed by atoms with Gasteiger partial charge in [-0.2, -0.15) is 0 Å². The van der Waals surface area contributed by atoms with Crippen molar-refractivity contribution in [3.63, 3.8) is 0 Å². The van der Waals surface area contributed by atoms with Crippen molar-refractivity contribution in [2.24, 2.45) is 0 Å². The van der Waals surface area contributed by atoms with Crippen molar-refractivity contribution >= 4 is 23.9 Å². The fourth-order valence-corrected chi connectivity index (χ4v) is 1.28. The second kappa shape index (κ2) is 5.94. The minimum absolute atomic E-state index is 0.0278. The molecule has 3 nitrogen and oxygen atoms in total. The number of rotatable bonds is 2. The van der Waals surface area contributed by atoms with Crippen LogP contribution in [0.15, 0.2) is 18.2 Å². The Bertz CT molecular complexity index is 469. The van der Waals surface area contributed by atoms with Crippen LogP contribution < -0.4 is 0 Å². The van der Waals surface area contributed by atoms with Gasteiger partial charge in [0.2, 0.25) is 0 Å². The van der Waals surface area contributed by atoms with Gasteiger partial charge in [-0.15, -0.1) is 0 Å². The molecule has 1 aromatic rings. The van der Waals surface area contributed by atoms with E-state index in [1.165, 1.54) is 7.11 Å². The smallest absolute Gasteiger partial charge is 0.317 e. The molecule has 82 valence electrons. The average molecular weight is 237 g/mol.